The molecule has 48 heavy (non-hydrogen) atoms. The van der Waals surface area contributed by atoms with Crippen LogP contribution in [-0.2, 0) is 38.1 Å². The Balaban J connectivity index is 1.64. The Morgan fingerprint density at radius 3 is 2.23 bits per heavy atom. The van der Waals surface area contributed by atoms with E-state index in [1.54, 1.807) is 34.8 Å². The van der Waals surface area contributed by atoms with Gasteiger partial charge in [-0.3, -0.25) is 24.2 Å². The van der Waals surface area contributed by atoms with Crippen LogP contribution in [-0.4, -0.2) is 160 Å². The quantitative estimate of drug-likeness (QED) is 0.320. The molecule has 0 aliphatic carbocycles. The Labute approximate surface area is 282 Å². The lowest BCUT2D eigenvalue weighted by Gasteiger charge is -2.55. The summed E-state index contributed by atoms with van der Waals surface area (Å²) in [4.78, 5) is 46.7. The number of ether oxygens (including phenoxy) is 5. The van der Waals surface area contributed by atoms with Crippen molar-refractivity contribution in [3.63, 3.8) is 0 Å². The van der Waals surface area contributed by atoms with Gasteiger partial charge in [-0.15, -0.1) is 0 Å². The highest BCUT2D eigenvalue weighted by molar-refractivity contribution is 6.04. The zero-order chi connectivity index (χ0) is 35.9. The molecule has 0 spiro atoms. The van der Waals surface area contributed by atoms with Gasteiger partial charge in [0.1, 0.15) is 23.7 Å². The smallest absolute Gasteiger partial charge is 0.460 e. The minimum Gasteiger partial charge on any atom is -0.460 e. The fraction of sp³-hybridized carbons (Fsp3) is 0.909. The van der Waals surface area contributed by atoms with Crippen LogP contribution >= 0.6 is 0 Å². The topological polar surface area (TPSA) is 110 Å². The van der Waals surface area contributed by atoms with Crippen molar-refractivity contribution in [1.82, 2.24) is 19.6 Å². The van der Waals surface area contributed by atoms with Gasteiger partial charge in [0, 0.05) is 64.8 Å². The number of nitrogens with zero attached hydrogens (tertiary/aromatic N) is 4. The Morgan fingerprint density at radius 2 is 1.67 bits per heavy atom. The molecule has 276 valence electrons. The molecule has 4 rings (SSSR count). The van der Waals surface area contributed by atoms with Gasteiger partial charge in [-0.1, -0.05) is 13.8 Å². The van der Waals surface area contributed by atoms with E-state index in [2.05, 4.69) is 16.7 Å². The molecule has 4 heterocycles. The van der Waals surface area contributed by atoms with Crippen LogP contribution in [0, 0.1) is 17.3 Å². The molecule has 4 saturated heterocycles. The lowest BCUT2D eigenvalue weighted by Crippen LogP contribution is -2.69. The maximum absolute atomic E-state index is 14.2. The van der Waals surface area contributed by atoms with Gasteiger partial charge in [0.15, 0.2) is 17.9 Å². The molecule has 4 aliphatic heterocycles. The summed E-state index contributed by atoms with van der Waals surface area (Å²) in [5.41, 5.74) is -1.55. The minimum absolute atomic E-state index is 0.0381. The van der Waals surface area contributed by atoms with Crippen LogP contribution < -0.4 is 0 Å². The molecule has 15 heteroatoms. The van der Waals surface area contributed by atoms with E-state index in [0.29, 0.717) is 25.9 Å². The van der Waals surface area contributed by atoms with Crippen molar-refractivity contribution in [1.29, 1.82) is 0 Å². The molecule has 0 aromatic heterocycles. The highest BCUT2D eigenvalue weighted by Gasteiger charge is 2.59. The first kappa shape index (κ1) is 38.9. The molecule has 0 saturated carbocycles. The first-order valence-electron chi connectivity index (χ1n) is 17.0. The second-order valence-electron chi connectivity index (χ2n) is 15.0. The number of ketones is 1. The number of Topliss-reactive ketones (excluding diaryl/α,β-unsaturated/α-hetero) is 1. The SMILES string of the molecule is CO[C@]12C[C@@H](C)CN(C)[C@@H](CN3CCN(C(=O)C(F)(F)F)CC3)[C@H](C)OC(=O)C(C)(C)C(=O)[C@H](C)[C@H]1O[C@@H]1O[C@H](C)C[C@H](N(C)C)[C@H]1O2. The molecule has 0 aromatic rings. The summed E-state index contributed by atoms with van der Waals surface area (Å²) in [5.74, 6) is -5.16. The summed E-state index contributed by atoms with van der Waals surface area (Å²) in [7, 11) is 7.42. The molecule has 10 atom stereocenters. The zero-order valence-corrected chi connectivity index (χ0v) is 30.0. The Hall–Kier alpha value is -1.88. The van der Waals surface area contributed by atoms with Gasteiger partial charge >= 0.3 is 18.1 Å². The number of piperazine rings is 1. The monoisotopic (exact) mass is 692 g/mol. The van der Waals surface area contributed by atoms with Crippen molar-refractivity contribution in [2.45, 2.75) is 109 Å². The zero-order valence-electron chi connectivity index (χ0n) is 30.0. The van der Waals surface area contributed by atoms with E-state index in [0.717, 1.165) is 4.90 Å². The van der Waals surface area contributed by atoms with Crippen molar-refractivity contribution in [2.75, 3.05) is 67.5 Å². The number of esters is 1. The van der Waals surface area contributed by atoms with Gasteiger partial charge in [0.2, 0.25) is 0 Å². The average Bonchev–Trinajstić information content (AvgIpc) is 3.01. The summed E-state index contributed by atoms with van der Waals surface area (Å²) in [5, 5.41) is 0. The predicted octanol–water partition coefficient (Wildman–Crippen LogP) is 2.39. The standard InChI is InChI=1S/C33H55F3N4O8/c1-19-16-32(44-10)27(47-28-25(48-32)23(37(7)8)15-20(2)45-28)21(3)26(41)31(5,6)30(43)46-22(4)24(38(9)17-19)18-39-11-13-40(14-12-39)29(42)33(34,35)36/h19-25,27-28H,11-18H2,1-10H3/t19-,20-,21+,22+,23+,24+,25-,27-,28+,32+/m1/s1. The fourth-order valence-electron chi connectivity index (χ4n) is 7.82. The van der Waals surface area contributed by atoms with Crippen LogP contribution in [0.25, 0.3) is 0 Å². The van der Waals surface area contributed by atoms with E-state index in [9.17, 15) is 27.6 Å². The largest absolute Gasteiger partial charge is 0.471 e. The fourth-order valence-corrected chi connectivity index (χ4v) is 7.82. The van der Waals surface area contributed by atoms with Gasteiger partial charge in [-0.25, -0.2) is 0 Å². The summed E-state index contributed by atoms with van der Waals surface area (Å²) in [6, 6.07) is -0.414. The van der Waals surface area contributed by atoms with Crippen molar-refractivity contribution in [3.8, 4) is 0 Å². The molecule has 0 radical (unpaired) electrons. The van der Waals surface area contributed by atoms with E-state index in [1.807, 2.05) is 33.0 Å². The van der Waals surface area contributed by atoms with E-state index in [1.165, 1.54) is 0 Å². The van der Waals surface area contributed by atoms with Crippen molar-refractivity contribution in [2.24, 2.45) is 17.3 Å². The number of alkyl halides is 3. The summed E-state index contributed by atoms with van der Waals surface area (Å²) in [6.07, 6.45) is -6.75. The molecule has 0 bridgehead atoms. The third-order valence-corrected chi connectivity index (χ3v) is 10.6. The van der Waals surface area contributed by atoms with E-state index < -0.39 is 59.8 Å². The van der Waals surface area contributed by atoms with Gasteiger partial charge in [-0.05, 0) is 61.2 Å². The minimum atomic E-state index is -4.92. The van der Waals surface area contributed by atoms with E-state index >= 15 is 0 Å². The van der Waals surface area contributed by atoms with E-state index in [4.69, 9.17) is 23.7 Å². The van der Waals surface area contributed by atoms with Gasteiger partial charge in [-0.2, -0.15) is 13.2 Å². The number of cyclic esters (lactones) is 1. The molecular formula is C33H55F3N4O8. The third-order valence-electron chi connectivity index (χ3n) is 10.6. The second-order valence-corrected chi connectivity index (χ2v) is 15.0. The van der Waals surface area contributed by atoms with Crippen LogP contribution in [0.2, 0.25) is 0 Å². The number of hydrogen-bond acceptors (Lipinski definition) is 11. The summed E-state index contributed by atoms with van der Waals surface area (Å²) in [6.45, 7) is 11.8. The van der Waals surface area contributed by atoms with E-state index in [-0.39, 0.29) is 56.1 Å². The number of carbonyl (C=O) groups is 3. The molecule has 12 nitrogen and oxygen atoms in total. The van der Waals surface area contributed by atoms with Crippen LogP contribution in [0.4, 0.5) is 13.2 Å². The Bertz CT molecular complexity index is 1170. The Kier molecular flexibility index (Phi) is 12.0. The van der Waals surface area contributed by atoms with Crippen LogP contribution in [0.1, 0.15) is 54.4 Å². The molecule has 1 amide bonds. The number of likely N-dealkylation sites (N-methyl/N-ethyl adjacent to an activating group) is 2. The number of fused-ring (bicyclic) bond motifs is 2. The normalized spacial score (nSPS) is 39.5. The first-order valence-corrected chi connectivity index (χ1v) is 17.0. The van der Waals surface area contributed by atoms with Crippen LogP contribution in [0.5, 0.6) is 0 Å². The van der Waals surface area contributed by atoms with Crippen LogP contribution in [0.15, 0.2) is 0 Å². The number of rotatable bonds is 4. The molecular weight excluding hydrogens is 637 g/mol. The highest BCUT2D eigenvalue weighted by atomic mass is 19.4. The Morgan fingerprint density at radius 1 is 1.04 bits per heavy atom. The number of methoxy groups -OCH3 is 1. The van der Waals surface area contributed by atoms with Gasteiger partial charge < -0.3 is 33.5 Å². The predicted molar refractivity (Wildman–Crippen MR) is 169 cm³/mol. The third kappa shape index (κ3) is 8.02. The number of carbonyl (C=O) groups excluding carboxylic acids is 3. The summed E-state index contributed by atoms with van der Waals surface area (Å²) < 4.78 is 71.1. The summed E-state index contributed by atoms with van der Waals surface area (Å²) >= 11 is 0. The first-order chi connectivity index (χ1) is 22.2. The number of amides is 1. The lowest BCUT2D eigenvalue weighted by molar-refractivity contribution is -0.424. The molecule has 0 N–H and O–H groups in total. The maximum Gasteiger partial charge on any atom is 0.471 e. The average molecular weight is 693 g/mol. The van der Waals surface area contributed by atoms with Crippen LogP contribution in [0.3, 0.4) is 0 Å². The number of halogens is 3. The van der Waals surface area contributed by atoms with Gasteiger partial charge in [0.25, 0.3) is 0 Å². The lowest BCUT2D eigenvalue weighted by atomic mass is 9.76. The maximum atomic E-state index is 14.2. The van der Waals surface area contributed by atoms with Crippen molar-refractivity contribution < 1.29 is 51.2 Å². The molecule has 4 fully saturated rings. The molecule has 0 unspecified atom stereocenters. The van der Waals surface area contributed by atoms with Gasteiger partial charge in [0.05, 0.1) is 12.1 Å². The van der Waals surface area contributed by atoms with Crippen molar-refractivity contribution >= 4 is 17.7 Å². The second kappa shape index (κ2) is 14.8. The van der Waals surface area contributed by atoms with Crippen molar-refractivity contribution in [3.05, 3.63) is 0 Å². The molecule has 4 aliphatic rings. The molecule has 0 aromatic carbocycles. The number of hydrogen-bond donors (Lipinski definition) is 0. The highest BCUT2D eigenvalue weighted by Crippen LogP contribution is 2.45.